The molecule has 1 aromatic heterocycles. The van der Waals surface area contributed by atoms with E-state index in [9.17, 15) is 0 Å². The molecule has 0 unspecified atom stereocenters. The van der Waals surface area contributed by atoms with E-state index in [2.05, 4.69) is 39.3 Å². The monoisotopic (exact) mass is 291 g/mol. The molecule has 21 heavy (non-hydrogen) atoms. The van der Waals surface area contributed by atoms with Crippen LogP contribution in [0.4, 0.5) is 11.6 Å². The van der Waals surface area contributed by atoms with Gasteiger partial charge in [0.1, 0.15) is 18.0 Å². The second kappa shape index (κ2) is 8.17. The lowest BCUT2D eigenvalue weighted by atomic mass is 10.0. The molecule has 0 radical (unpaired) electrons. The smallest absolute Gasteiger partial charge is 0.134 e. The van der Waals surface area contributed by atoms with Crippen molar-refractivity contribution in [3.05, 3.63) is 11.9 Å². The fraction of sp³-hybridized carbons (Fsp3) is 0.750. The second-order valence-electron chi connectivity index (χ2n) is 5.81. The van der Waals surface area contributed by atoms with Crippen molar-refractivity contribution in [2.45, 2.75) is 52.0 Å². The summed E-state index contributed by atoms with van der Waals surface area (Å²) in [4.78, 5) is 11.4. The third kappa shape index (κ3) is 4.30. The van der Waals surface area contributed by atoms with E-state index in [1.807, 2.05) is 7.05 Å². The van der Waals surface area contributed by atoms with Gasteiger partial charge < -0.3 is 15.5 Å². The molecule has 0 bridgehead atoms. The summed E-state index contributed by atoms with van der Waals surface area (Å²) in [5, 5.41) is 6.84. The van der Waals surface area contributed by atoms with E-state index < -0.39 is 0 Å². The molecule has 0 aromatic carbocycles. The molecule has 0 atom stereocenters. The molecule has 1 saturated heterocycles. The Morgan fingerprint density at radius 2 is 1.86 bits per heavy atom. The molecular weight excluding hydrogens is 262 g/mol. The third-order valence-electron chi connectivity index (χ3n) is 4.15. The summed E-state index contributed by atoms with van der Waals surface area (Å²) in [5.74, 6) is 1.97. The summed E-state index contributed by atoms with van der Waals surface area (Å²) < 4.78 is 0. The second-order valence-corrected chi connectivity index (χ2v) is 5.81. The SMILES string of the molecule is CCCc1c(NC)ncnc1NC1CCN(CCC)CC1. The van der Waals surface area contributed by atoms with Crippen molar-refractivity contribution < 1.29 is 0 Å². The maximum absolute atomic E-state index is 4.48. The lowest BCUT2D eigenvalue weighted by molar-refractivity contribution is 0.219. The Bertz CT molecular complexity index is 427. The van der Waals surface area contributed by atoms with Crippen LogP contribution in [0.1, 0.15) is 45.1 Å². The molecule has 0 amide bonds. The molecule has 1 aliphatic heterocycles. The number of aromatic nitrogens is 2. The summed E-state index contributed by atoms with van der Waals surface area (Å²) in [7, 11) is 1.93. The number of hydrogen-bond donors (Lipinski definition) is 2. The predicted molar refractivity (Wildman–Crippen MR) is 88.9 cm³/mol. The van der Waals surface area contributed by atoms with Crippen LogP contribution in [0.2, 0.25) is 0 Å². The van der Waals surface area contributed by atoms with Crippen molar-refractivity contribution in [2.24, 2.45) is 0 Å². The lowest BCUT2D eigenvalue weighted by Gasteiger charge is -2.32. The molecule has 1 fully saturated rings. The largest absolute Gasteiger partial charge is 0.373 e. The van der Waals surface area contributed by atoms with Crippen LogP contribution in [0.15, 0.2) is 6.33 Å². The van der Waals surface area contributed by atoms with Crippen molar-refractivity contribution in [2.75, 3.05) is 37.3 Å². The first-order valence-electron chi connectivity index (χ1n) is 8.29. The Kier molecular flexibility index (Phi) is 6.23. The van der Waals surface area contributed by atoms with Crippen LogP contribution in [0.5, 0.6) is 0 Å². The highest BCUT2D eigenvalue weighted by Crippen LogP contribution is 2.24. The molecule has 118 valence electrons. The van der Waals surface area contributed by atoms with Gasteiger partial charge in [0.15, 0.2) is 0 Å². The minimum Gasteiger partial charge on any atom is -0.373 e. The summed E-state index contributed by atoms with van der Waals surface area (Å²) >= 11 is 0. The van der Waals surface area contributed by atoms with Gasteiger partial charge in [-0.2, -0.15) is 0 Å². The Morgan fingerprint density at radius 3 is 2.48 bits per heavy atom. The average Bonchev–Trinajstić information content (AvgIpc) is 2.51. The summed E-state index contributed by atoms with van der Waals surface area (Å²) in [5.41, 5.74) is 1.22. The zero-order valence-corrected chi connectivity index (χ0v) is 13.7. The topological polar surface area (TPSA) is 53.1 Å². The van der Waals surface area contributed by atoms with E-state index in [4.69, 9.17) is 0 Å². The molecule has 5 heteroatoms. The average molecular weight is 291 g/mol. The Morgan fingerprint density at radius 1 is 1.14 bits per heavy atom. The molecule has 0 aliphatic carbocycles. The van der Waals surface area contributed by atoms with Gasteiger partial charge in [-0.3, -0.25) is 0 Å². The van der Waals surface area contributed by atoms with Gasteiger partial charge in [0, 0.05) is 31.7 Å². The Hall–Kier alpha value is -1.36. The molecule has 0 saturated carbocycles. The summed E-state index contributed by atoms with van der Waals surface area (Å²) in [6.07, 6.45) is 7.41. The van der Waals surface area contributed by atoms with Crippen LogP contribution in [0, 0.1) is 0 Å². The van der Waals surface area contributed by atoms with Crippen LogP contribution in [-0.4, -0.2) is 47.6 Å². The molecule has 2 N–H and O–H groups in total. The van der Waals surface area contributed by atoms with E-state index in [0.717, 1.165) is 24.5 Å². The number of piperidine rings is 1. The number of nitrogens with one attached hydrogen (secondary N) is 2. The van der Waals surface area contributed by atoms with E-state index >= 15 is 0 Å². The van der Waals surface area contributed by atoms with Gasteiger partial charge in [-0.1, -0.05) is 20.3 Å². The van der Waals surface area contributed by atoms with Crippen molar-refractivity contribution in [1.82, 2.24) is 14.9 Å². The van der Waals surface area contributed by atoms with Crippen molar-refractivity contribution in [3.8, 4) is 0 Å². The van der Waals surface area contributed by atoms with E-state index in [1.165, 1.54) is 44.5 Å². The molecule has 5 nitrogen and oxygen atoms in total. The summed E-state index contributed by atoms with van der Waals surface area (Å²) in [6, 6.07) is 0.535. The number of hydrogen-bond acceptors (Lipinski definition) is 5. The molecular formula is C16H29N5. The first kappa shape index (κ1) is 16.0. The van der Waals surface area contributed by atoms with Crippen LogP contribution in [0.25, 0.3) is 0 Å². The molecule has 1 aliphatic rings. The maximum Gasteiger partial charge on any atom is 0.134 e. The maximum atomic E-state index is 4.48. The van der Waals surface area contributed by atoms with Gasteiger partial charge in [-0.05, 0) is 32.2 Å². The highest BCUT2D eigenvalue weighted by molar-refractivity contribution is 5.57. The van der Waals surface area contributed by atoms with Gasteiger partial charge in [0.05, 0.1) is 0 Å². The number of anilines is 2. The normalized spacial score (nSPS) is 16.9. The Balaban J connectivity index is 2.00. The zero-order valence-electron chi connectivity index (χ0n) is 13.7. The summed E-state index contributed by atoms with van der Waals surface area (Å²) in [6.45, 7) is 8.06. The predicted octanol–water partition coefficient (Wildman–Crippen LogP) is 2.76. The van der Waals surface area contributed by atoms with Gasteiger partial charge in [-0.25, -0.2) is 9.97 Å². The lowest BCUT2D eigenvalue weighted by Crippen LogP contribution is -2.39. The van der Waals surface area contributed by atoms with Gasteiger partial charge in [0.25, 0.3) is 0 Å². The number of nitrogens with zero attached hydrogens (tertiary/aromatic N) is 3. The number of rotatable bonds is 7. The van der Waals surface area contributed by atoms with Crippen LogP contribution in [0.3, 0.4) is 0 Å². The highest BCUT2D eigenvalue weighted by atomic mass is 15.2. The minimum absolute atomic E-state index is 0.535. The van der Waals surface area contributed by atoms with Crippen LogP contribution >= 0.6 is 0 Å². The minimum atomic E-state index is 0.535. The fourth-order valence-electron chi connectivity index (χ4n) is 3.05. The van der Waals surface area contributed by atoms with Gasteiger partial charge in [0.2, 0.25) is 0 Å². The van der Waals surface area contributed by atoms with Crippen molar-refractivity contribution in [3.63, 3.8) is 0 Å². The van der Waals surface area contributed by atoms with E-state index in [0.29, 0.717) is 6.04 Å². The third-order valence-corrected chi connectivity index (χ3v) is 4.15. The van der Waals surface area contributed by atoms with Crippen molar-refractivity contribution >= 4 is 11.6 Å². The molecule has 0 spiro atoms. The standard InChI is InChI=1S/C16H29N5/c1-4-6-14-15(17-3)18-12-19-16(14)20-13-7-10-21(9-5-2)11-8-13/h12-13H,4-11H2,1-3H3,(H2,17,18,19,20). The van der Waals surface area contributed by atoms with Crippen LogP contribution in [-0.2, 0) is 6.42 Å². The van der Waals surface area contributed by atoms with Gasteiger partial charge >= 0.3 is 0 Å². The highest BCUT2D eigenvalue weighted by Gasteiger charge is 2.20. The van der Waals surface area contributed by atoms with E-state index in [-0.39, 0.29) is 0 Å². The van der Waals surface area contributed by atoms with E-state index in [1.54, 1.807) is 6.33 Å². The van der Waals surface area contributed by atoms with Crippen molar-refractivity contribution in [1.29, 1.82) is 0 Å². The number of likely N-dealkylation sites (tertiary alicyclic amines) is 1. The first-order valence-corrected chi connectivity index (χ1v) is 8.29. The van der Waals surface area contributed by atoms with Crippen LogP contribution < -0.4 is 10.6 Å². The quantitative estimate of drug-likeness (QED) is 0.809. The molecule has 2 rings (SSSR count). The fourth-order valence-corrected chi connectivity index (χ4v) is 3.05. The zero-order chi connectivity index (χ0) is 15.1. The molecule has 2 heterocycles. The van der Waals surface area contributed by atoms with Gasteiger partial charge in [-0.15, -0.1) is 0 Å². The molecule has 1 aromatic rings. The first-order chi connectivity index (χ1) is 10.3. The Labute approximate surface area is 128 Å².